The third kappa shape index (κ3) is 6.97. The molecule has 0 aliphatic carbocycles. The molecule has 0 rings (SSSR count). The van der Waals surface area contributed by atoms with Gasteiger partial charge in [-0.05, 0) is 12.8 Å². The molecule has 8 nitrogen and oxygen atoms in total. The molecule has 0 aliphatic heterocycles. The molecule has 0 aliphatic rings. The fourth-order valence-electron chi connectivity index (χ4n) is 1.12. The Bertz CT molecular complexity index is 319. The first-order valence-corrected chi connectivity index (χ1v) is 5.96. The van der Waals surface area contributed by atoms with E-state index in [1.54, 1.807) is 0 Å². The number of amides is 1. The number of thiol groups is 1. The lowest BCUT2D eigenvalue weighted by atomic mass is 10.1. The Hall–Kier alpha value is -1.48. The topological polar surface area (TPSA) is 157 Å². The Morgan fingerprint density at radius 1 is 1.39 bits per heavy atom. The maximum absolute atomic E-state index is 11.4. The summed E-state index contributed by atoms with van der Waals surface area (Å²) in [4.78, 5) is 26.0. The molecule has 0 radical (unpaired) electrons. The van der Waals surface area contributed by atoms with Crippen LogP contribution in [0.1, 0.15) is 12.8 Å². The number of carboxylic acid groups (broad SMARTS) is 1. The normalized spacial score (nSPS) is 13.4. The molecule has 0 aromatic rings. The molecule has 0 saturated heterocycles. The number of carbonyl (C=O) groups is 2. The summed E-state index contributed by atoms with van der Waals surface area (Å²) in [6, 6.07) is -1.83. The smallest absolute Gasteiger partial charge is 0.326 e. The zero-order valence-electron chi connectivity index (χ0n) is 9.87. The minimum Gasteiger partial charge on any atom is -0.480 e. The molecule has 18 heavy (non-hydrogen) atoms. The van der Waals surface area contributed by atoms with Gasteiger partial charge in [0.05, 0.1) is 6.04 Å². The average molecular weight is 277 g/mol. The SMILES string of the molecule is NC(N)=NCCC[C@H](NC(=O)[C@H](N)CS)C(=O)O. The molecule has 2 atom stereocenters. The number of aliphatic carboxylic acids is 1. The van der Waals surface area contributed by atoms with Crippen LogP contribution in [0.5, 0.6) is 0 Å². The second kappa shape index (κ2) is 8.59. The molecule has 0 heterocycles. The zero-order valence-corrected chi connectivity index (χ0v) is 10.8. The lowest BCUT2D eigenvalue weighted by Gasteiger charge is -2.16. The summed E-state index contributed by atoms with van der Waals surface area (Å²) in [5.74, 6) is -1.58. The summed E-state index contributed by atoms with van der Waals surface area (Å²) in [5, 5.41) is 11.3. The number of carboxylic acids is 1. The molecule has 0 aromatic carbocycles. The molecule has 8 N–H and O–H groups in total. The van der Waals surface area contributed by atoms with Gasteiger partial charge >= 0.3 is 5.97 Å². The number of rotatable bonds is 8. The van der Waals surface area contributed by atoms with Crippen molar-refractivity contribution in [3.8, 4) is 0 Å². The first-order chi connectivity index (χ1) is 8.38. The van der Waals surface area contributed by atoms with Crippen LogP contribution in [0.15, 0.2) is 4.99 Å². The summed E-state index contributed by atoms with van der Waals surface area (Å²) >= 11 is 3.86. The highest BCUT2D eigenvalue weighted by molar-refractivity contribution is 7.80. The number of guanidine groups is 1. The Balaban J connectivity index is 4.20. The lowest BCUT2D eigenvalue weighted by molar-refractivity contribution is -0.142. The summed E-state index contributed by atoms with van der Waals surface area (Å²) in [5.41, 5.74) is 15.7. The molecule has 1 amide bonds. The highest BCUT2D eigenvalue weighted by Crippen LogP contribution is 1.99. The molecule has 0 fully saturated rings. The van der Waals surface area contributed by atoms with Gasteiger partial charge in [-0.15, -0.1) is 0 Å². The summed E-state index contributed by atoms with van der Waals surface area (Å²) < 4.78 is 0. The Morgan fingerprint density at radius 2 is 2.00 bits per heavy atom. The summed E-state index contributed by atoms with van der Waals surface area (Å²) in [6.45, 7) is 0.306. The van der Waals surface area contributed by atoms with E-state index in [4.69, 9.17) is 22.3 Å². The third-order valence-electron chi connectivity index (χ3n) is 2.09. The standard InChI is InChI=1S/C9H19N5O3S/c10-5(4-18)7(15)14-6(8(16)17)2-1-3-13-9(11)12/h5-6,18H,1-4,10H2,(H,14,15)(H,16,17)(H4,11,12,13)/t5-,6+/m1/s1. The van der Waals surface area contributed by atoms with E-state index in [9.17, 15) is 9.59 Å². The van der Waals surface area contributed by atoms with Crippen LogP contribution in [-0.2, 0) is 9.59 Å². The molecular weight excluding hydrogens is 258 g/mol. The van der Waals surface area contributed by atoms with Gasteiger partial charge in [-0.3, -0.25) is 9.79 Å². The minimum atomic E-state index is -1.13. The van der Waals surface area contributed by atoms with Gasteiger partial charge in [0, 0.05) is 12.3 Å². The van der Waals surface area contributed by atoms with Gasteiger partial charge in [0.15, 0.2) is 5.96 Å². The second-order valence-corrected chi connectivity index (χ2v) is 4.00. The van der Waals surface area contributed by atoms with E-state index in [1.807, 2.05) is 0 Å². The molecule has 104 valence electrons. The van der Waals surface area contributed by atoms with Crippen molar-refractivity contribution in [3.05, 3.63) is 0 Å². The lowest BCUT2D eigenvalue weighted by Crippen LogP contribution is -2.49. The van der Waals surface area contributed by atoms with Crippen molar-refractivity contribution in [2.75, 3.05) is 12.3 Å². The van der Waals surface area contributed by atoms with Gasteiger partial charge in [0.1, 0.15) is 6.04 Å². The Kier molecular flexibility index (Phi) is 7.88. The van der Waals surface area contributed by atoms with Gasteiger partial charge in [-0.1, -0.05) is 0 Å². The summed E-state index contributed by atoms with van der Waals surface area (Å²) in [7, 11) is 0. The number of nitrogens with two attached hydrogens (primary N) is 3. The van der Waals surface area contributed by atoms with E-state index in [0.29, 0.717) is 13.0 Å². The van der Waals surface area contributed by atoms with Crippen molar-refractivity contribution < 1.29 is 14.7 Å². The largest absolute Gasteiger partial charge is 0.480 e. The van der Waals surface area contributed by atoms with Gasteiger partial charge in [-0.2, -0.15) is 12.6 Å². The maximum atomic E-state index is 11.4. The van der Waals surface area contributed by atoms with Crippen molar-refractivity contribution in [1.82, 2.24) is 5.32 Å². The van der Waals surface area contributed by atoms with E-state index in [2.05, 4.69) is 22.9 Å². The first-order valence-electron chi connectivity index (χ1n) is 5.33. The summed E-state index contributed by atoms with van der Waals surface area (Å²) in [6.07, 6.45) is 0.655. The molecule has 0 unspecified atom stereocenters. The van der Waals surface area contributed by atoms with Crippen LogP contribution in [0.25, 0.3) is 0 Å². The van der Waals surface area contributed by atoms with Crippen LogP contribution in [0.3, 0.4) is 0 Å². The number of hydrogen-bond donors (Lipinski definition) is 6. The van der Waals surface area contributed by atoms with E-state index < -0.39 is 24.0 Å². The number of nitrogens with zero attached hydrogens (tertiary/aromatic N) is 1. The average Bonchev–Trinajstić information content (AvgIpc) is 2.30. The van der Waals surface area contributed by atoms with Crippen LogP contribution in [0.2, 0.25) is 0 Å². The monoisotopic (exact) mass is 277 g/mol. The number of nitrogens with one attached hydrogen (secondary N) is 1. The van der Waals surface area contributed by atoms with Crippen LogP contribution < -0.4 is 22.5 Å². The molecule has 0 aromatic heterocycles. The van der Waals surface area contributed by atoms with E-state index in [1.165, 1.54) is 0 Å². The fraction of sp³-hybridized carbons (Fsp3) is 0.667. The minimum absolute atomic E-state index is 0.0528. The predicted molar refractivity (Wildman–Crippen MR) is 71.3 cm³/mol. The van der Waals surface area contributed by atoms with Crippen molar-refractivity contribution >= 4 is 30.5 Å². The molecule has 9 heteroatoms. The zero-order chi connectivity index (χ0) is 14.1. The fourth-order valence-corrected chi connectivity index (χ4v) is 1.29. The highest BCUT2D eigenvalue weighted by atomic mass is 32.1. The van der Waals surface area contributed by atoms with Crippen molar-refractivity contribution in [1.29, 1.82) is 0 Å². The van der Waals surface area contributed by atoms with Crippen LogP contribution in [0, 0.1) is 0 Å². The Morgan fingerprint density at radius 3 is 2.44 bits per heavy atom. The third-order valence-corrected chi connectivity index (χ3v) is 2.49. The molecule has 0 saturated carbocycles. The van der Waals surface area contributed by atoms with E-state index in [-0.39, 0.29) is 18.1 Å². The number of hydrogen-bond acceptors (Lipinski definition) is 5. The predicted octanol–water partition coefficient (Wildman–Crippen LogP) is -2.13. The van der Waals surface area contributed by atoms with Crippen LogP contribution >= 0.6 is 12.6 Å². The molecule has 0 spiro atoms. The van der Waals surface area contributed by atoms with Gasteiger partial charge < -0.3 is 27.6 Å². The quantitative estimate of drug-likeness (QED) is 0.129. The highest BCUT2D eigenvalue weighted by Gasteiger charge is 2.22. The second-order valence-electron chi connectivity index (χ2n) is 3.64. The first kappa shape index (κ1) is 16.5. The number of carbonyl (C=O) groups excluding carboxylic acids is 1. The van der Waals surface area contributed by atoms with Crippen LogP contribution in [0.4, 0.5) is 0 Å². The van der Waals surface area contributed by atoms with Crippen molar-refractivity contribution in [3.63, 3.8) is 0 Å². The Labute approximate surface area is 110 Å². The molecule has 0 bridgehead atoms. The van der Waals surface area contributed by atoms with Gasteiger partial charge in [-0.25, -0.2) is 4.79 Å². The van der Waals surface area contributed by atoms with Gasteiger partial charge in [0.25, 0.3) is 0 Å². The van der Waals surface area contributed by atoms with Crippen molar-refractivity contribution in [2.24, 2.45) is 22.2 Å². The van der Waals surface area contributed by atoms with E-state index in [0.717, 1.165) is 0 Å². The molecular formula is C9H19N5O3S. The maximum Gasteiger partial charge on any atom is 0.326 e. The number of aliphatic imine (C=N–C) groups is 1. The van der Waals surface area contributed by atoms with Crippen molar-refractivity contribution in [2.45, 2.75) is 24.9 Å². The van der Waals surface area contributed by atoms with Gasteiger partial charge in [0.2, 0.25) is 5.91 Å². The van der Waals surface area contributed by atoms with Crippen LogP contribution in [-0.4, -0.2) is 47.3 Å². The van der Waals surface area contributed by atoms with E-state index >= 15 is 0 Å².